The predicted octanol–water partition coefficient (Wildman–Crippen LogP) is 3.64. The summed E-state index contributed by atoms with van der Waals surface area (Å²) in [7, 11) is 0. The van der Waals surface area contributed by atoms with Gasteiger partial charge in [-0.2, -0.15) is 8.78 Å². The number of guanidine groups is 1. The zero-order valence-corrected chi connectivity index (χ0v) is 17.0. The summed E-state index contributed by atoms with van der Waals surface area (Å²) in [6.07, 6.45) is 3.25. The van der Waals surface area contributed by atoms with Crippen molar-refractivity contribution in [3.05, 3.63) is 53.4 Å². The molecule has 0 unspecified atom stereocenters. The average molecular weight is 481 g/mol. The number of rotatable bonds is 7. The van der Waals surface area contributed by atoms with Crippen LogP contribution in [-0.2, 0) is 13.0 Å². The lowest BCUT2D eigenvalue weighted by atomic mass is 10.1. The molecule has 9 heteroatoms. The van der Waals surface area contributed by atoms with Crippen LogP contribution >= 0.6 is 24.0 Å². The second-order valence-corrected chi connectivity index (χ2v) is 5.47. The van der Waals surface area contributed by atoms with Crippen LogP contribution in [0, 0.1) is 12.7 Å². The molecule has 2 N–H and O–H groups in total. The molecule has 0 aliphatic heterocycles. The summed E-state index contributed by atoms with van der Waals surface area (Å²) in [5, 5.41) is 6.20. The highest BCUT2D eigenvalue weighted by atomic mass is 127. The van der Waals surface area contributed by atoms with Gasteiger partial charge in [-0.3, -0.25) is 4.57 Å². The van der Waals surface area contributed by atoms with Crippen LogP contribution in [0.4, 0.5) is 13.2 Å². The molecule has 0 aliphatic rings. The maximum atomic E-state index is 13.1. The number of halogens is 4. The minimum atomic E-state index is -2.63. The number of nitrogens with one attached hydrogen (secondary N) is 2. The summed E-state index contributed by atoms with van der Waals surface area (Å²) in [6, 6.07) is 4.69. The van der Waals surface area contributed by atoms with Crippen molar-refractivity contribution in [3.63, 3.8) is 0 Å². The maximum absolute atomic E-state index is 13.1. The number of benzene rings is 1. The Labute approximate surface area is 168 Å². The van der Waals surface area contributed by atoms with Crippen LogP contribution < -0.4 is 10.6 Å². The molecule has 0 amide bonds. The Morgan fingerprint density at radius 3 is 2.73 bits per heavy atom. The molecule has 1 aromatic heterocycles. The zero-order chi connectivity index (χ0) is 18.2. The number of aryl methyl sites for hydroxylation is 1. The van der Waals surface area contributed by atoms with Crippen molar-refractivity contribution in [1.82, 2.24) is 20.2 Å². The number of aromatic nitrogens is 2. The number of alkyl halides is 2. The van der Waals surface area contributed by atoms with Crippen molar-refractivity contribution in [1.29, 1.82) is 0 Å². The Kier molecular flexibility index (Phi) is 9.46. The fourth-order valence-electron chi connectivity index (χ4n) is 2.39. The molecule has 0 radical (unpaired) electrons. The molecule has 0 spiro atoms. The van der Waals surface area contributed by atoms with Crippen LogP contribution in [0.1, 0.15) is 30.4 Å². The van der Waals surface area contributed by atoms with E-state index in [1.165, 1.54) is 24.5 Å². The zero-order valence-electron chi connectivity index (χ0n) is 14.7. The molecular weight excluding hydrogens is 458 g/mol. The molecule has 0 saturated carbocycles. The SMILES string of the molecule is CCNC(=NCc1nccn1C(F)F)NCCc1ccc(F)cc1C.I. The van der Waals surface area contributed by atoms with E-state index in [4.69, 9.17) is 0 Å². The van der Waals surface area contributed by atoms with Crippen molar-refractivity contribution in [3.8, 4) is 0 Å². The minimum Gasteiger partial charge on any atom is -0.357 e. The van der Waals surface area contributed by atoms with E-state index in [0.717, 1.165) is 15.7 Å². The molecular formula is C17H23F3IN5. The van der Waals surface area contributed by atoms with Crippen LogP contribution in [0.5, 0.6) is 0 Å². The topological polar surface area (TPSA) is 54.2 Å². The lowest BCUT2D eigenvalue weighted by molar-refractivity contribution is 0.0671. The highest BCUT2D eigenvalue weighted by Crippen LogP contribution is 2.13. The van der Waals surface area contributed by atoms with Gasteiger partial charge >= 0.3 is 6.55 Å². The van der Waals surface area contributed by atoms with Gasteiger partial charge in [0.05, 0.1) is 0 Å². The van der Waals surface area contributed by atoms with Gasteiger partial charge in [0.1, 0.15) is 18.2 Å². The van der Waals surface area contributed by atoms with Crippen LogP contribution in [0.25, 0.3) is 0 Å². The van der Waals surface area contributed by atoms with E-state index in [-0.39, 0.29) is 42.2 Å². The molecule has 1 heterocycles. The van der Waals surface area contributed by atoms with Crippen molar-refractivity contribution < 1.29 is 13.2 Å². The Balaban J connectivity index is 0.00000338. The van der Waals surface area contributed by atoms with Crippen LogP contribution in [-0.4, -0.2) is 28.6 Å². The number of hydrogen-bond donors (Lipinski definition) is 2. The standard InChI is InChI=1S/C17H22F3N5.HI/c1-3-21-17(24-11-15-22-8-9-25(15)16(19)20)23-7-6-13-4-5-14(18)10-12(13)2;/h4-5,8-10,16H,3,6-7,11H2,1-2H3,(H2,21,23,24);1H. The quantitative estimate of drug-likeness (QED) is 0.361. The van der Waals surface area contributed by atoms with Gasteiger partial charge in [-0.25, -0.2) is 14.4 Å². The van der Waals surface area contributed by atoms with Gasteiger partial charge in [0.25, 0.3) is 0 Å². The Morgan fingerprint density at radius 2 is 2.08 bits per heavy atom. The molecule has 144 valence electrons. The molecule has 1 aromatic carbocycles. The predicted molar refractivity (Wildman–Crippen MR) is 107 cm³/mol. The maximum Gasteiger partial charge on any atom is 0.319 e. The molecule has 0 atom stereocenters. The highest BCUT2D eigenvalue weighted by molar-refractivity contribution is 14.0. The molecule has 0 aliphatic carbocycles. The van der Waals surface area contributed by atoms with E-state index in [9.17, 15) is 13.2 Å². The number of hydrogen-bond acceptors (Lipinski definition) is 2. The van der Waals surface area contributed by atoms with Gasteiger partial charge in [-0.1, -0.05) is 6.07 Å². The van der Waals surface area contributed by atoms with Gasteiger partial charge in [0.15, 0.2) is 5.96 Å². The summed E-state index contributed by atoms with van der Waals surface area (Å²) in [6.45, 7) is 2.42. The number of aliphatic imine (C=N–C) groups is 1. The first-order valence-corrected chi connectivity index (χ1v) is 8.08. The Bertz CT molecular complexity index is 718. The summed E-state index contributed by atoms with van der Waals surface area (Å²) in [5.74, 6) is 0.464. The van der Waals surface area contributed by atoms with E-state index in [1.807, 2.05) is 13.8 Å². The number of nitrogens with zero attached hydrogens (tertiary/aromatic N) is 3. The normalized spacial score (nSPS) is 11.4. The van der Waals surface area contributed by atoms with Crippen LogP contribution in [0.3, 0.4) is 0 Å². The lowest BCUT2D eigenvalue weighted by Crippen LogP contribution is -2.38. The van der Waals surface area contributed by atoms with Gasteiger partial charge in [0, 0.05) is 25.5 Å². The minimum absolute atomic E-state index is 0. The van der Waals surface area contributed by atoms with Gasteiger partial charge < -0.3 is 10.6 Å². The molecule has 2 rings (SSSR count). The molecule has 0 fully saturated rings. The fraction of sp³-hybridized carbons (Fsp3) is 0.412. The second-order valence-electron chi connectivity index (χ2n) is 5.47. The third kappa shape index (κ3) is 6.50. The fourth-order valence-corrected chi connectivity index (χ4v) is 2.39. The monoisotopic (exact) mass is 481 g/mol. The molecule has 26 heavy (non-hydrogen) atoms. The van der Waals surface area contributed by atoms with Crippen molar-refractivity contribution in [2.45, 2.75) is 33.4 Å². The third-order valence-corrected chi connectivity index (χ3v) is 3.67. The Morgan fingerprint density at radius 1 is 1.31 bits per heavy atom. The summed E-state index contributed by atoms with van der Waals surface area (Å²) in [4.78, 5) is 8.19. The van der Waals surface area contributed by atoms with Gasteiger partial charge in [-0.05, 0) is 43.5 Å². The summed E-state index contributed by atoms with van der Waals surface area (Å²) >= 11 is 0. The van der Waals surface area contributed by atoms with Crippen molar-refractivity contribution >= 4 is 29.9 Å². The van der Waals surface area contributed by atoms with Gasteiger partial charge in [0.2, 0.25) is 0 Å². The lowest BCUT2D eigenvalue weighted by Gasteiger charge is -2.12. The molecule has 2 aromatic rings. The molecule has 0 saturated heterocycles. The van der Waals surface area contributed by atoms with Crippen molar-refractivity contribution in [2.24, 2.45) is 4.99 Å². The number of imidazole rings is 1. The van der Waals surface area contributed by atoms with Crippen LogP contribution in [0.2, 0.25) is 0 Å². The average Bonchev–Trinajstić information content (AvgIpc) is 3.03. The largest absolute Gasteiger partial charge is 0.357 e. The van der Waals surface area contributed by atoms with E-state index >= 15 is 0 Å². The Hall–Kier alpha value is -1.78. The smallest absolute Gasteiger partial charge is 0.319 e. The van der Waals surface area contributed by atoms with Crippen LogP contribution in [0.15, 0.2) is 35.6 Å². The van der Waals surface area contributed by atoms with E-state index in [0.29, 0.717) is 25.5 Å². The van der Waals surface area contributed by atoms with Crippen molar-refractivity contribution in [2.75, 3.05) is 13.1 Å². The molecule has 0 bridgehead atoms. The van der Waals surface area contributed by atoms with E-state index < -0.39 is 6.55 Å². The first kappa shape index (κ1) is 22.3. The van der Waals surface area contributed by atoms with Gasteiger partial charge in [-0.15, -0.1) is 24.0 Å². The molecule has 5 nitrogen and oxygen atoms in total. The summed E-state index contributed by atoms with van der Waals surface area (Å²) < 4.78 is 39.5. The first-order chi connectivity index (χ1) is 12.0. The highest BCUT2D eigenvalue weighted by Gasteiger charge is 2.11. The van der Waals surface area contributed by atoms with E-state index in [2.05, 4.69) is 20.6 Å². The third-order valence-electron chi connectivity index (χ3n) is 3.67. The van der Waals surface area contributed by atoms with E-state index in [1.54, 1.807) is 6.07 Å². The first-order valence-electron chi connectivity index (χ1n) is 8.08. The summed E-state index contributed by atoms with van der Waals surface area (Å²) in [5.41, 5.74) is 1.93. The second kappa shape index (κ2) is 11.0.